The van der Waals surface area contributed by atoms with E-state index in [0.717, 1.165) is 16.7 Å². The minimum Gasteiger partial charge on any atom is -0.350 e. The highest BCUT2D eigenvalue weighted by Gasteiger charge is 2.30. The molecule has 7 nitrogen and oxygen atoms in total. The number of carbonyl (C=O) groups excluding carboxylic acids is 2. The van der Waals surface area contributed by atoms with Crippen LogP contribution in [0.25, 0.3) is 0 Å². The highest BCUT2D eigenvalue weighted by molar-refractivity contribution is 7.92. The first kappa shape index (κ1) is 30.4. The molecule has 2 aromatic rings. The maximum atomic E-state index is 13.5. The van der Waals surface area contributed by atoms with E-state index in [1.54, 1.807) is 11.0 Å². The summed E-state index contributed by atoms with van der Waals surface area (Å²) in [6, 6.07) is 14.8. The molecule has 0 fully saturated rings. The summed E-state index contributed by atoms with van der Waals surface area (Å²) >= 11 is 0. The number of amides is 2. The third-order valence-electron chi connectivity index (χ3n) is 6.30. The van der Waals surface area contributed by atoms with E-state index in [2.05, 4.69) is 5.32 Å². The van der Waals surface area contributed by atoms with Crippen molar-refractivity contribution in [3.63, 3.8) is 0 Å². The summed E-state index contributed by atoms with van der Waals surface area (Å²) in [6.07, 6.45) is 2.79. The van der Waals surface area contributed by atoms with Crippen LogP contribution in [0.5, 0.6) is 0 Å². The van der Waals surface area contributed by atoms with Crippen molar-refractivity contribution in [2.45, 2.75) is 78.8 Å². The Labute approximate surface area is 223 Å². The standard InChI is InChI=1S/C29H43N3O4S/c1-8-26(28(34)30-29(4,5)6)31(20-18-24-13-10-9-11-14-24)27(33)15-12-19-32(37(7,35)36)25-17-16-22(2)23(3)21-25/h9-11,13-14,16-17,21,26H,8,12,15,18-20H2,1-7H3,(H,30,34)/t26-/m1/s1. The van der Waals surface area contributed by atoms with E-state index in [1.807, 2.05) is 84.0 Å². The first-order valence-corrected chi connectivity index (χ1v) is 14.8. The lowest BCUT2D eigenvalue weighted by atomic mass is 10.0. The third-order valence-corrected chi connectivity index (χ3v) is 7.49. The van der Waals surface area contributed by atoms with Crippen LogP contribution < -0.4 is 9.62 Å². The number of aryl methyl sites for hydroxylation is 2. The van der Waals surface area contributed by atoms with Crippen molar-refractivity contribution < 1.29 is 18.0 Å². The maximum absolute atomic E-state index is 13.5. The minimum absolute atomic E-state index is 0.144. The van der Waals surface area contributed by atoms with Gasteiger partial charge in [0, 0.05) is 25.0 Å². The second-order valence-electron chi connectivity index (χ2n) is 10.7. The maximum Gasteiger partial charge on any atom is 0.243 e. The van der Waals surface area contributed by atoms with Gasteiger partial charge in [-0.2, -0.15) is 0 Å². The van der Waals surface area contributed by atoms with Crippen LogP contribution in [0.1, 0.15) is 63.6 Å². The van der Waals surface area contributed by atoms with Crippen LogP contribution >= 0.6 is 0 Å². The predicted octanol–water partition coefficient (Wildman–Crippen LogP) is 4.61. The van der Waals surface area contributed by atoms with Crippen LogP contribution in [0, 0.1) is 13.8 Å². The summed E-state index contributed by atoms with van der Waals surface area (Å²) in [5.41, 5.74) is 3.35. The van der Waals surface area contributed by atoms with E-state index < -0.39 is 21.6 Å². The molecular weight excluding hydrogens is 486 g/mol. The zero-order chi connectivity index (χ0) is 27.8. The van der Waals surface area contributed by atoms with Crippen LogP contribution in [0.4, 0.5) is 5.69 Å². The van der Waals surface area contributed by atoms with Crippen molar-refractivity contribution in [2.24, 2.45) is 0 Å². The van der Waals surface area contributed by atoms with Crippen molar-refractivity contribution in [1.29, 1.82) is 0 Å². The van der Waals surface area contributed by atoms with Crippen molar-refractivity contribution in [3.8, 4) is 0 Å². The van der Waals surface area contributed by atoms with Crippen molar-refractivity contribution in [1.82, 2.24) is 10.2 Å². The fourth-order valence-corrected chi connectivity index (χ4v) is 5.19. The van der Waals surface area contributed by atoms with Crippen molar-refractivity contribution >= 4 is 27.5 Å². The third kappa shape index (κ3) is 9.50. The normalized spacial score (nSPS) is 12.6. The van der Waals surface area contributed by atoms with Crippen LogP contribution in [0.3, 0.4) is 0 Å². The Kier molecular flexibility index (Phi) is 10.7. The molecule has 0 unspecified atom stereocenters. The molecule has 0 aromatic heterocycles. The van der Waals surface area contributed by atoms with Gasteiger partial charge >= 0.3 is 0 Å². The highest BCUT2D eigenvalue weighted by atomic mass is 32.2. The zero-order valence-corrected chi connectivity index (χ0v) is 24.2. The average molecular weight is 530 g/mol. The van der Waals surface area contributed by atoms with Gasteiger partial charge in [0.1, 0.15) is 6.04 Å². The fourth-order valence-electron chi connectivity index (χ4n) is 4.23. The van der Waals surface area contributed by atoms with E-state index in [0.29, 0.717) is 31.5 Å². The molecule has 0 heterocycles. The number of anilines is 1. The number of hydrogen-bond donors (Lipinski definition) is 1. The smallest absolute Gasteiger partial charge is 0.243 e. The highest BCUT2D eigenvalue weighted by Crippen LogP contribution is 2.22. The van der Waals surface area contributed by atoms with Gasteiger partial charge in [0.25, 0.3) is 0 Å². The molecule has 0 saturated heterocycles. The summed E-state index contributed by atoms with van der Waals surface area (Å²) in [4.78, 5) is 28.3. The van der Waals surface area contributed by atoms with Gasteiger partial charge in [-0.3, -0.25) is 13.9 Å². The van der Waals surface area contributed by atoms with Crippen molar-refractivity contribution in [3.05, 3.63) is 65.2 Å². The second kappa shape index (κ2) is 13.1. The average Bonchev–Trinajstić information content (AvgIpc) is 2.80. The molecule has 1 atom stereocenters. The van der Waals surface area contributed by atoms with Gasteiger partial charge in [-0.1, -0.05) is 43.3 Å². The lowest BCUT2D eigenvalue weighted by Crippen LogP contribution is -2.54. The molecule has 37 heavy (non-hydrogen) atoms. The number of sulfonamides is 1. The molecule has 0 bridgehead atoms. The zero-order valence-electron chi connectivity index (χ0n) is 23.4. The predicted molar refractivity (Wildman–Crippen MR) is 151 cm³/mol. The van der Waals surface area contributed by atoms with Crippen LogP contribution in [0.15, 0.2) is 48.5 Å². The molecule has 8 heteroatoms. The lowest BCUT2D eigenvalue weighted by Gasteiger charge is -2.33. The number of benzene rings is 2. The minimum atomic E-state index is -3.52. The number of nitrogens with zero attached hydrogens (tertiary/aromatic N) is 2. The first-order valence-electron chi connectivity index (χ1n) is 12.9. The summed E-state index contributed by atoms with van der Waals surface area (Å²) in [7, 11) is -3.52. The van der Waals surface area contributed by atoms with Gasteiger partial charge in [-0.15, -0.1) is 0 Å². The largest absolute Gasteiger partial charge is 0.350 e. The Bertz CT molecular complexity index is 1160. The van der Waals surface area contributed by atoms with Gasteiger partial charge in [-0.25, -0.2) is 8.42 Å². The molecule has 0 radical (unpaired) electrons. The molecule has 2 aromatic carbocycles. The quantitative estimate of drug-likeness (QED) is 0.435. The van der Waals surface area contributed by atoms with Crippen molar-refractivity contribution in [2.75, 3.05) is 23.7 Å². The topological polar surface area (TPSA) is 86.8 Å². The van der Waals surface area contributed by atoms with E-state index >= 15 is 0 Å². The summed E-state index contributed by atoms with van der Waals surface area (Å²) < 4.78 is 26.5. The Morgan fingerprint density at radius 1 is 0.973 bits per heavy atom. The molecule has 0 spiro atoms. The van der Waals surface area contributed by atoms with Gasteiger partial charge in [0.05, 0.1) is 11.9 Å². The Morgan fingerprint density at radius 2 is 1.62 bits per heavy atom. The molecular formula is C29H43N3O4S. The molecule has 0 aliphatic heterocycles. The molecule has 1 N–H and O–H groups in total. The number of rotatable bonds is 12. The van der Waals surface area contributed by atoms with Gasteiger partial charge in [-0.05, 0) is 82.7 Å². The van der Waals surface area contributed by atoms with E-state index in [9.17, 15) is 18.0 Å². The van der Waals surface area contributed by atoms with Gasteiger partial charge < -0.3 is 10.2 Å². The summed E-state index contributed by atoms with van der Waals surface area (Å²) in [5.74, 6) is -0.329. The second-order valence-corrected chi connectivity index (χ2v) is 12.6. The van der Waals surface area contributed by atoms with Gasteiger partial charge in [0.15, 0.2) is 0 Å². The molecule has 2 amide bonds. The molecule has 2 rings (SSSR count). The van der Waals surface area contributed by atoms with Crippen LogP contribution in [-0.4, -0.2) is 56.1 Å². The lowest BCUT2D eigenvalue weighted by molar-refractivity contribution is -0.141. The SMILES string of the molecule is CC[C@H](C(=O)NC(C)(C)C)N(CCc1ccccc1)C(=O)CCCN(c1ccc(C)c(C)c1)S(C)(=O)=O. The number of carbonyl (C=O) groups is 2. The Hall–Kier alpha value is -2.87. The number of hydrogen-bond acceptors (Lipinski definition) is 4. The molecule has 0 aliphatic rings. The molecule has 204 valence electrons. The van der Waals surface area contributed by atoms with Crippen LogP contribution in [0.2, 0.25) is 0 Å². The molecule has 0 saturated carbocycles. The first-order chi connectivity index (χ1) is 17.2. The number of nitrogens with one attached hydrogen (secondary N) is 1. The monoisotopic (exact) mass is 529 g/mol. The van der Waals surface area contributed by atoms with E-state index in [1.165, 1.54) is 10.6 Å². The summed E-state index contributed by atoms with van der Waals surface area (Å²) in [5, 5.41) is 3.01. The van der Waals surface area contributed by atoms with Gasteiger partial charge in [0.2, 0.25) is 21.8 Å². The van der Waals surface area contributed by atoms with E-state index in [-0.39, 0.29) is 24.8 Å². The Morgan fingerprint density at radius 3 is 2.16 bits per heavy atom. The molecule has 0 aliphatic carbocycles. The van der Waals surface area contributed by atoms with Crippen LogP contribution in [-0.2, 0) is 26.0 Å². The van der Waals surface area contributed by atoms with E-state index in [4.69, 9.17) is 0 Å². The summed E-state index contributed by atoms with van der Waals surface area (Å²) in [6.45, 7) is 12.2. The Balaban J connectivity index is 2.19. The fraction of sp³-hybridized carbons (Fsp3) is 0.517.